The van der Waals surface area contributed by atoms with E-state index in [4.69, 9.17) is 0 Å². The molecular weight excluding hydrogens is 310 g/mol. The molecule has 1 atom stereocenters. The lowest BCUT2D eigenvalue weighted by Crippen LogP contribution is -2.54. The number of carboxylic acid groups (broad SMARTS) is 1. The van der Waals surface area contributed by atoms with Gasteiger partial charge in [-0.25, -0.2) is 4.79 Å². The van der Waals surface area contributed by atoms with Crippen molar-refractivity contribution in [2.75, 3.05) is 0 Å². The third kappa shape index (κ3) is 2.66. The van der Waals surface area contributed by atoms with Crippen molar-refractivity contribution in [2.24, 2.45) is 5.92 Å². The van der Waals surface area contributed by atoms with E-state index in [0.29, 0.717) is 5.56 Å². The number of halogens is 1. The number of hydrogen-bond acceptors (Lipinski definition) is 2. The second-order valence-electron chi connectivity index (χ2n) is 5.15. The van der Waals surface area contributed by atoms with Gasteiger partial charge in [0.2, 0.25) is 0 Å². The SMILES string of the molecule is Cc1c(Br)cccc1C(=O)NC(C)(C(=O)O)C1CC1. The van der Waals surface area contributed by atoms with Gasteiger partial charge in [-0.3, -0.25) is 4.79 Å². The van der Waals surface area contributed by atoms with Crippen molar-refractivity contribution < 1.29 is 14.7 Å². The fraction of sp³-hybridized carbons (Fsp3) is 0.429. The molecule has 1 saturated carbocycles. The molecule has 102 valence electrons. The zero-order valence-electron chi connectivity index (χ0n) is 10.9. The van der Waals surface area contributed by atoms with Crippen LogP contribution in [0.25, 0.3) is 0 Å². The number of hydrogen-bond donors (Lipinski definition) is 2. The van der Waals surface area contributed by atoms with Crippen LogP contribution in [0.3, 0.4) is 0 Å². The van der Waals surface area contributed by atoms with Crippen molar-refractivity contribution in [1.29, 1.82) is 0 Å². The van der Waals surface area contributed by atoms with Crippen LogP contribution in [-0.2, 0) is 4.79 Å². The van der Waals surface area contributed by atoms with E-state index in [9.17, 15) is 14.7 Å². The van der Waals surface area contributed by atoms with Crippen LogP contribution in [0.1, 0.15) is 35.7 Å². The van der Waals surface area contributed by atoms with Gasteiger partial charge in [-0.15, -0.1) is 0 Å². The summed E-state index contributed by atoms with van der Waals surface area (Å²) in [4.78, 5) is 23.7. The van der Waals surface area contributed by atoms with Crippen LogP contribution >= 0.6 is 15.9 Å². The summed E-state index contributed by atoms with van der Waals surface area (Å²) in [5.74, 6) is -1.28. The quantitative estimate of drug-likeness (QED) is 0.894. The number of benzene rings is 1. The fourth-order valence-corrected chi connectivity index (χ4v) is 2.51. The Hall–Kier alpha value is -1.36. The standard InChI is InChI=1S/C14H16BrNO3/c1-8-10(4-3-5-11(8)15)12(17)16-14(2,13(18)19)9-6-7-9/h3-5,9H,6-7H2,1-2H3,(H,16,17)(H,18,19). The second-order valence-corrected chi connectivity index (χ2v) is 6.00. The van der Waals surface area contributed by atoms with E-state index >= 15 is 0 Å². The molecule has 0 radical (unpaired) electrons. The topological polar surface area (TPSA) is 66.4 Å². The van der Waals surface area contributed by atoms with Gasteiger partial charge in [0.05, 0.1) is 0 Å². The highest BCUT2D eigenvalue weighted by molar-refractivity contribution is 9.10. The Morgan fingerprint density at radius 3 is 2.58 bits per heavy atom. The number of rotatable bonds is 4. The molecule has 2 rings (SSSR count). The smallest absolute Gasteiger partial charge is 0.329 e. The average Bonchev–Trinajstić information content (AvgIpc) is 3.16. The highest BCUT2D eigenvalue weighted by Crippen LogP contribution is 2.40. The number of carboxylic acids is 1. The van der Waals surface area contributed by atoms with E-state index in [1.165, 1.54) is 0 Å². The summed E-state index contributed by atoms with van der Waals surface area (Å²) in [7, 11) is 0. The molecule has 0 aromatic heterocycles. The molecule has 2 N–H and O–H groups in total. The maximum Gasteiger partial charge on any atom is 0.329 e. The zero-order valence-corrected chi connectivity index (χ0v) is 12.5. The Labute approximate surface area is 120 Å². The lowest BCUT2D eigenvalue weighted by atomic mass is 9.95. The number of aliphatic carboxylic acids is 1. The summed E-state index contributed by atoms with van der Waals surface area (Å²) in [6, 6.07) is 5.31. The number of nitrogens with one attached hydrogen (secondary N) is 1. The van der Waals surface area contributed by atoms with Crippen LogP contribution in [0, 0.1) is 12.8 Å². The first-order chi connectivity index (χ1) is 8.86. The van der Waals surface area contributed by atoms with Gasteiger partial charge >= 0.3 is 5.97 Å². The third-order valence-electron chi connectivity index (χ3n) is 3.72. The van der Waals surface area contributed by atoms with Crippen LogP contribution in [0.4, 0.5) is 0 Å². The minimum absolute atomic E-state index is 0.0291. The highest BCUT2D eigenvalue weighted by Gasteiger charge is 2.48. The molecular formula is C14H16BrNO3. The summed E-state index contributed by atoms with van der Waals surface area (Å²) in [6.45, 7) is 3.41. The average molecular weight is 326 g/mol. The predicted octanol–water partition coefficient (Wildman–Crippen LogP) is 2.74. The first-order valence-corrected chi connectivity index (χ1v) is 6.96. The Bertz CT molecular complexity index is 539. The van der Waals surface area contributed by atoms with Crippen LogP contribution in [0.15, 0.2) is 22.7 Å². The predicted molar refractivity (Wildman–Crippen MR) is 75.1 cm³/mol. The first kappa shape index (κ1) is 14.1. The lowest BCUT2D eigenvalue weighted by molar-refractivity contribution is -0.144. The summed E-state index contributed by atoms with van der Waals surface area (Å²) in [5.41, 5.74) is 0.136. The van der Waals surface area contributed by atoms with Gasteiger partial charge in [0.15, 0.2) is 0 Å². The van der Waals surface area contributed by atoms with Gasteiger partial charge in [-0.05, 0) is 50.3 Å². The van der Waals surface area contributed by atoms with E-state index in [1.54, 1.807) is 19.1 Å². The zero-order chi connectivity index (χ0) is 14.2. The van der Waals surface area contributed by atoms with Crippen LogP contribution in [-0.4, -0.2) is 22.5 Å². The first-order valence-electron chi connectivity index (χ1n) is 6.17. The Morgan fingerprint density at radius 2 is 2.05 bits per heavy atom. The normalized spacial score (nSPS) is 17.6. The van der Waals surface area contributed by atoms with Crippen LogP contribution in [0.2, 0.25) is 0 Å². The van der Waals surface area contributed by atoms with Crippen molar-refractivity contribution in [3.63, 3.8) is 0 Å². The molecule has 1 aromatic rings. The highest BCUT2D eigenvalue weighted by atomic mass is 79.9. The van der Waals surface area contributed by atoms with Gasteiger partial charge in [0.25, 0.3) is 5.91 Å². The number of carbonyl (C=O) groups excluding carboxylic acids is 1. The van der Waals surface area contributed by atoms with Crippen molar-refractivity contribution >= 4 is 27.8 Å². The number of amides is 1. The van der Waals surface area contributed by atoms with E-state index in [2.05, 4.69) is 21.2 Å². The molecule has 0 aliphatic heterocycles. The van der Waals surface area contributed by atoms with Crippen molar-refractivity contribution in [1.82, 2.24) is 5.32 Å². The largest absolute Gasteiger partial charge is 0.480 e. The Balaban J connectivity index is 2.25. The van der Waals surface area contributed by atoms with Crippen LogP contribution in [0.5, 0.6) is 0 Å². The molecule has 1 aliphatic carbocycles. The molecule has 1 amide bonds. The maximum atomic E-state index is 12.3. The minimum Gasteiger partial charge on any atom is -0.480 e. The molecule has 19 heavy (non-hydrogen) atoms. The third-order valence-corrected chi connectivity index (χ3v) is 4.58. The maximum absolute atomic E-state index is 12.3. The Morgan fingerprint density at radius 1 is 1.42 bits per heavy atom. The molecule has 0 spiro atoms. The lowest BCUT2D eigenvalue weighted by Gasteiger charge is -2.26. The van der Waals surface area contributed by atoms with Crippen molar-refractivity contribution in [3.05, 3.63) is 33.8 Å². The summed E-state index contributed by atoms with van der Waals surface area (Å²) in [6.07, 6.45) is 1.70. The molecule has 0 heterocycles. The van der Waals surface area contributed by atoms with Gasteiger partial charge in [0, 0.05) is 10.0 Å². The molecule has 5 heteroatoms. The van der Waals surface area contributed by atoms with E-state index in [0.717, 1.165) is 22.9 Å². The van der Waals surface area contributed by atoms with Gasteiger partial charge in [0.1, 0.15) is 5.54 Å². The van der Waals surface area contributed by atoms with E-state index < -0.39 is 11.5 Å². The summed E-state index contributed by atoms with van der Waals surface area (Å²) < 4.78 is 0.837. The molecule has 4 nitrogen and oxygen atoms in total. The van der Waals surface area contributed by atoms with Gasteiger partial charge < -0.3 is 10.4 Å². The van der Waals surface area contributed by atoms with Gasteiger partial charge in [-0.2, -0.15) is 0 Å². The fourth-order valence-electron chi connectivity index (χ4n) is 2.15. The summed E-state index contributed by atoms with van der Waals surface area (Å²) in [5, 5.41) is 12.0. The monoisotopic (exact) mass is 325 g/mol. The molecule has 0 bridgehead atoms. The van der Waals surface area contributed by atoms with Crippen molar-refractivity contribution in [3.8, 4) is 0 Å². The Kier molecular flexibility index (Phi) is 3.67. The molecule has 1 aromatic carbocycles. The van der Waals surface area contributed by atoms with E-state index in [1.807, 2.05) is 13.0 Å². The summed E-state index contributed by atoms with van der Waals surface area (Å²) >= 11 is 3.37. The van der Waals surface area contributed by atoms with Crippen molar-refractivity contribution in [2.45, 2.75) is 32.2 Å². The molecule has 1 unspecified atom stereocenters. The second kappa shape index (κ2) is 4.96. The van der Waals surface area contributed by atoms with Gasteiger partial charge in [-0.1, -0.05) is 22.0 Å². The van der Waals surface area contributed by atoms with E-state index in [-0.39, 0.29) is 11.8 Å². The van der Waals surface area contributed by atoms with Crippen LogP contribution < -0.4 is 5.32 Å². The molecule has 0 saturated heterocycles. The molecule has 1 fully saturated rings. The number of carbonyl (C=O) groups is 2. The molecule has 1 aliphatic rings. The minimum atomic E-state index is -1.17.